The summed E-state index contributed by atoms with van der Waals surface area (Å²) in [5, 5.41) is 9.63. The maximum absolute atomic E-state index is 12.2. The topological polar surface area (TPSA) is 54.4 Å². The van der Waals surface area contributed by atoms with Crippen molar-refractivity contribution in [1.82, 2.24) is 0 Å². The first-order valence-corrected chi connectivity index (χ1v) is 6.67. The molecule has 0 heterocycles. The van der Waals surface area contributed by atoms with Crippen LogP contribution < -0.4 is 0 Å². The predicted octanol–water partition coefficient (Wildman–Crippen LogP) is 2.88. The Morgan fingerprint density at radius 1 is 0.941 bits per heavy atom. The molecular weight excluding hydrogens is 260 g/mol. The standard InChI is InChI=1S/C12H9ClO3S/c13-10-7-4-8-11(14)12(10)17(15,16)9-5-2-1-3-6-9/h1-8,14H. The second-order valence-corrected chi connectivity index (χ2v) is 5.70. The van der Waals surface area contributed by atoms with Crippen LogP contribution in [0.4, 0.5) is 0 Å². The van der Waals surface area contributed by atoms with Crippen molar-refractivity contribution < 1.29 is 13.5 Å². The van der Waals surface area contributed by atoms with Crippen LogP contribution in [0.2, 0.25) is 5.02 Å². The van der Waals surface area contributed by atoms with Crippen molar-refractivity contribution in [1.29, 1.82) is 0 Å². The third kappa shape index (κ3) is 2.14. The van der Waals surface area contributed by atoms with Gasteiger partial charge in [-0.15, -0.1) is 0 Å². The highest BCUT2D eigenvalue weighted by molar-refractivity contribution is 7.91. The molecule has 0 amide bonds. The van der Waals surface area contributed by atoms with Crippen LogP contribution in [0.1, 0.15) is 0 Å². The van der Waals surface area contributed by atoms with E-state index in [9.17, 15) is 13.5 Å². The van der Waals surface area contributed by atoms with E-state index in [1.165, 1.54) is 30.3 Å². The van der Waals surface area contributed by atoms with Gasteiger partial charge in [-0.3, -0.25) is 0 Å². The molecule has 0 bridgehead atoms. The lowest BCUT2D eigenvalue weighted by Crippen LogP contribution is -2.02. The third-order valence-corrected chi connectivity index (χ3v) is 4.55. The molecule has 88 valence electrons. The number of phenols is 1. The highest BCUT2D eigenvalue weighted by Crippen LogP contribution is 2.34. The fourth-order valence-electron chi connectivity index (χ4n) is 1.48. The normalized spacial score (nSPS) is 11.4. The molecule has 0 aromatic heterocycles. The molecule has 0 aliphatic carbocycles. The quantitative estimate of drug-likeness (QED) is 0.911. The van der Waals surface area contributed by atoms with Crippen LogP contribution in [0, 0.1) is 0 Å². The van der Waals surface area contributed by atoms with Gasteiger partial charge in [0.05, 0.1) is 9.92 Å². The summed E-state index contributed by atoms with van der Waals surface area (Å²) in [4.78, 5) is -0.156. The van der Waals surface area contributed by atoms with Crippen LogP contribution in [0.15, 0.2) is 58.3 Å². The summed E-state index contributed by atoms with van der Waals surface area (Å²) in [6, 6.07) is 12.1. The van der Waals surface area contributed by atoms with Crippen LogP contribution in [-0.2, 0) is 9.84 Å². The van der Waals surface area contributed by atoms with E-state index < -0.39 is 9.84 Å². The number of hydrogen-bond acceptors (Lipinski definition) is 3. The number of rotatable bonds is 2. The van der Waals surface area contributed by atoms with Crippen LogP contribution in [-0.4, -0.2) is 13.5 Å². The molecule has 0 saturated carbocycles. The maximum Gasteiger partial charge on any atom is 0.211 e. The average Bonchev–Trinajstić information content (AvgIpc) is 2.29. The van der Waals surface area contributed by atoms with Gasteiger partial charge in [0.15, 0.2) is 0 Å². The van der Waals surface area contributed by atoms with Crippen LogP contribution in [0.5, 0.6) is 5.75 Å². The zero-order chi connectivity index (χ0) is 12.5. The number of benzene rings is 2. The number of sulfone groups is 1. The summed E-state index contributed by atoms with van der Waals surface area (Å²) >= 11 is 5.82. The Balaban J connectivity index is 2.69. The summed E-state index contributed by atoms with van der Waals surface area (Å²) < 4.78 is 24.5. The van der Waals surface area contributed by atoms with E-state index in [2.05, 4.69) is 0 Å². The van der Waals surface area contributed by atoms with E-state index in [1.807, 2.05) is 0 Å². The van der Waals surface area contributed by atoms with E-state index in [0.29, 0.717) is 0 Å². The Labute approximate surface area is 104 Å². The number of phenolic OH excluding ortho intramolecular Hbond substituents is 1. The zero-order valence-corrected chi connectivity index (χ0v) is 10.2. The molecule has 0 aliphatic rings. The zero-order valence-electron chi connectivity index (χ0n) is 8.67. The molecule has 0 aliphatic heterocycles. The summed E-state index contributed by atoms with van der Waals surface area (Å²) in [6.07, 6.45) is 0. The Morgan fingerprint density at radius 3 is 2.18 bits per heavy atom. The molecule has 0 saturated heterocycles. The molecule has 3 nitrogen and oxygen atoms in total. The molecule has 2 rings (SSSR count). The smallest absolute Gasteiger partial charge is 0.211 e. The molecule has 0 spiro atoms. The minimum atomic E-state index is -3.78. The molecular formula is C12H9ClO3S. The first kappa shape index (κ1) is 12.0. The second kappa shape index (κ2) is 4.39. The van der Waals surface area contributed by atoms with Crippen molar-refractivity contribution >= 4 is 21.4 Å². The lowest BCUT2D eigenvalue weighted by Gasteiger charge is -2.08. The largest absolute Gasteiger partial charge is 0.507 e. The molecule has 1 N–H and O–H groups in total. The predicted molar refractivity (Wildman–Crippen MR) is 65.0 cm³/mol. The Hall–Kier alpha value is -1.52. The molecule has 5 heteroatoms. The Kier molecular flexibility index (Phi) is 3.09. The van der Waals surface area contributed by atoms with E-state index >= 15 is 0 Å². The van der Waals surface area contributed by atoms with Crippen molar-refractivity contribution in [3.8, 4) is 5.75 Å². The van der Waals surface area contributed by atoms with Gasteiger partial charge in [-0.25, -0.2) is 8.42 Å². The van der Waals surface area contributed by atoms with Gasteiger partial charge in [-0.1, -0.05) is 35.9 Å². The Morgan fingerprint density at radius 2 is 1.59 bits per heavy atom. The van der Waals surface area contributed by atoms with Gasteiger partial charge in [0.2, 0.25) is 9.84 Å². The molecule has 0 unspecified atom stereocenters. The fraction of sp³-hybridized carbons (Fsp3) is 0. The van der Waals surface area contributed by atoms with E-state index in [0.717, 1.165) is 0 Å². The third-order valence-electron chi connectivity index (χ3n) is 2.27. The van der Waals surface area contributed by atoms with Crippen LogP contribution >= 0.6 is 11.6 Å². The van der Waals surface area contributed by atoms with E-state index in [-0.39, 0.29) is 20.6 Å². The van der Waals surface area contributed by atoms with Crippen molar-refractivity contribution in [2.75, 3.05) is 0 Å². The summed E-state index contributed by atoms with van der Waals surface area (Å²) in [5.74, 6) is -0.346. The van der Waals surface area contributed by atoms with E-state index in [4.69, 9.17) is 11.6 Å². The molecule has 0 fully saturated rings. The second-order valence-electron chi connectivity index (χ2n) is 3.40. The summed E-state index contributed by atoms with van der Waals surface area (Å²) in [6.45, 7) is 0. The Bertz CT molecular complexity index is 616. The van der Waals surface area contributed by atoms with Gasteiger partial charge in [0.1, 0.15) is 10.6 Å². The monoisotopic (exact) mass is 268 g/mol. The minimum absolute atomic E-state index is 0.00820. The van der Waals surface area contributed by atoms with Gasteiger partial charge >= 0.3 is 0 Å². The molecule has 0 atom stereocenters. The van der Waals surface area contributed by atoms with Crippen molar-refractivity contribution in [2.24, 2.45) is 0 Å². The molecule has 2 aromatic rings. The SMILES string of the molecule is O=S(=O)(c1ccccc1)c1c(O)cccc1Cl. The maximum atomic E-state index is 12.2. The van der Waals surface area contributed by atoms with Gasteiger partial charge < -0.3 is 5.11 Å². The van der Waals surface area contributed by atoms with Gasteiger partial charge in [0, 0.05) is 0 Å². The lowest BCUT2D eigenvalue weighted by atomic mass is 10.3. The summed E-state index contributed by atoms with van der Waals surface area (Å²) in [5.41, 5.74) is 0. The fourth-order valence-corrected chi connectivity index (χ4v) is 3.37. The first-order chi connectivity index (χ1) is 8.03. The number of aromatic hydroxyl groups is 1. The molecule has 17 heavy (non-hydrogen) atoms. The number of hydrogen-bond donors (Lipinski definition) is 1. The number of halogens is 1. The molecule has 0 radical (unpaired) electrons. The minimum Gasteiger partial charge on any atom is -0.507 e. The lowest BCUT2D eigenvalue weighted by molar-refractivity contribution is 0.459. The molecule has 2 aromatic carbocycles. The van der Waals surface area contributed by atoms with E-state index in [1.54, 1.807) is 18.2 Å². The first-order valence-electron chi connectivity index (χ1n) is 4.81. The van der Waals surface area contributed by atoms with Gasteiger partial charge in [0.25, 0.3) is 0 Å². The van der Waals surface area contributed by atoms with Crippen molar-refractivity contribution in [3.05, 3.63) is 53.6 Å². The average molecular weight is 269 g/mol. The van der Waals surface area contributed by atoms with Crippen LogP contribution in [0.3, 0.4) is 0 Å². The van der Waals surface area contributed by atoms with Crippen molar-refractivity contribution in [2.45, 2.75) is 9.79 Å². The summed E-state index contributed by atoms with van der Waals surface area (Å²) in [7, 11) is -3.78. The van der Waals surface area contributed by atoms with Crippen LogP contribution in [0.25, 0.3) is 0 Å². The van der Waals surface area contributed by atoms with Gasteiger partial charge in [-0.2, -0.15) is 0 Å². The highest BCUT2D eigenvalue weighted by Gasteiger charge is 2.24. The van der Waals surface area contributed by atoms with Gasteiger partial charge in [-0.05, 0) is 24.3 Å². The highest BCUT2D eigenvalue weighted by atomic mass is 35.5. The van der Waals surface area contributed by atoms with Crippen molar-refractivity contribution in [3.63, 3.8) is 0 Å².